The number of carbonyl (C=O) groups is 2. The van der Waals surface area contributed by atoms with Gasteiger partial charge in [-0.25, -0.2) is 4.98 Å². The molecule has 1 rings (SSSR count). The van der Waals surface area contributed by atoms with Gasteiger partial charge in [-0.15, -0.1) is 0 Å². The maximum Gasteiger partial charge on any atom is 0.239 e. The van der Waals surface area contributed by atoms with E-state index in [4.69, 9.17) is 4.74 Å². The zero-order valence-corrected chi connectivity index (χ0v) is 11.4. The summed E-state index contributed by atoms with van der Waals surface area (Å²) in [6.07, 6.45) is 1.73. The summed E-state index contributed by atoms with van der Waals surface area (Å²) in [7, 11) is 0. The highest BCUT2D eigenvalue weighted by atomic mass is 16.5. The Labute approximate surface area is 112 Å². The van der Waals surface area contributed by atoms with Crippen LogP contribution in [-0.4, -0.2) is 29.4 Å². The van der Waals surface area contributed by atoms with Crippen molar-refractivity contribution in [2.75, 3.05) is 6.54 Å². The molecule has 6 heteroatoms. The van der Waals surface area contributed by atoms with Gasteiger partial charge in [0.15, 0.2) is 0 Å². The van der Waals surface area contributed by atoms with Gasteiger partial charge in [-0.2, -0.15) is 0 Å². The predicted molar refractivity (Wildman–Crippen MR) is 70.5 cm³/mol. The van der Waals surface area contributed by atoms with Crippen LogP contribution in [0.15, 0.2) is 18.3 Å². The first-order valence-corrected chi connectivity index (χ1v) is 6.10. The standard InChI is InChI=1S/C13H19N3O3/c1-9(2)19-13-5-4-11(7-16-13)6-15-12(18)8-14-10(3)17/h4-5,7,9H,6,8H2,1-3H3,(H,14,17)(H,15,18). The lowest BCUT2D eigenvalue weighted by Crippen LogP contribution is -2.35. The van der Waals surface area contributed by atoms with E-state index in [1.165, 1.54) is 6.92 Å². The van der Waals surface area contributed by atoms with E-state index >= 15 is 0 Å². The maximum absolute atomic E-state index is 11.4. The molecule has 6 nitrogen and oxygen atoms in total. The summed E-state index contributed by atoms with van der Waals surface area (Å²) in [5.74, 6) is 0.0908. The quantitative estimate of drug-likeness (QED) is 0.790. The van der Waals surface area contributed by atoms with Gasteiger partial charge in [0, 0.05) is 25.7 Å². The molecule has 104 valence electrons. The molecule has 0 saturated heterocycles. The molecule has 0 fully saturated rings. The number of carbonyl (C=O) groups excluding carboxylic acids is 2. The zero-order valence-electron chi connectivity index (χ0n) is 11.4. The van der Waals surface area contributed by atoms with Gasteiger partial charge in [-0.1, -0.05) is 6.07 Å². The molecule has 0 radical (unpaired) electrons. The summed E-state index contributed by atoms with van der Waals surface area (Å²) >= 11 is 0. The number of aromatic nitrogens is 1. The fourth-order valence-electron chi connectivity index (χ4n) is 1.29. The van der Waals surface area contributed by atoms with Crippen molar-refractivity contribution in [3.05, 3.63) is 23.9 Å². The van der Waals surface area contributed by atoms with Crippen molar-refractivity contribution in [2.24, 2.45) is 0 Å². The van der Waals surface area contributed by atoms with Crippen LogP contribution in [0.1, 0.15) is 26.3 Å². The number of amides is 2. The molecule has 2 N–H and O–H groups in total. The second-order valence-electron chi connectivity index (χ2n) is 4.36. The van der Waals surface area contributed by atoms with Crippen molar-refractivity contribution in [3.63, 3.8) is 0 Å². The Morgan fingerprint density at radius 3 is 2.58 bits per heavy atom. The smallest absolute Gasteiger partial charge is 0.239 e. The van der Waals surface area contributed by atoms with Crippen LogP contribution in [0.2, 0.25) is 0 Å². The molecule has 0 spiro atoms. The highest BCUT2D eigenvalue weighted by Gasteiger charge is 2.03. The second kappa shape index (κ2) is 7.35. The normalized spacial score (nSPS) is 10.1. The number of rotatable bonds is 6. The van der Waals surface area contributed by atoms with Crippen LogP contribution in [-0.2, 0) is 16.1 Å². The minimum Gasteiger partial charge on any atom is -0.475 e. The average molecular weight is 265 g/mol. The third-order valence-electron chi connectivity index (χ3n) is 2.14. The van der Waals surface area contributed by atoms with E-state index in [2.05, 4.69) is 15.6 Å². The van der Waals surface area contributed by atoms with Gasteiger partial charge in [-0.3, -0.25) is 9.59 Å². The fourth-order valence-corrected chi connectivity index (χ4v) is 1.29. The minimum absolute atomic E-state index is 0.0166. The van der Waals surface area contributed by atoms with Crippen LogP contribution >= 0.6 is 0 Å². The first-order valence-electron chi connectivity index (χ1n) is 6.10. The Bertz CT molecular complexity index is 429. The second-order valence-corrected chi connectivity index (χ2v) is 4.36. The number of pyridine rings is 1. The van der Waals surface area contributed by atoms with Gasteiger partial charge in [0.25, 0.3) is 0 Å². The molecule has 1 aromatic heterocycles. The van der Waals surface area contributed by atoms with Crippen LogP contribution in [0.3, 0.4) is 0 Å². The van der Waals surface area contributed by atoms with E-state index in [1.807, 2.05) is 19.9 Å². The molecule has 1 heterocycles. The van der Waals surface area contributed by atoms with E-state index in [0.717, 1.165) is 5.56 Å². The molecule has 1 aromatic rings. The third kappa shape index (κ3) is 6.40. The monoisotopic (exact) mass is 265 g/mol. The SMILES string of the molecule is CC(=O)NCC(=O)NCc1ccc(OC(C)C)nc1. The van der Waals surface area contributed by atoms with Crippen LogP contribution in [0.4, 0.5) is 0 Å². The Kier molecular flexibility index (Phi) is 5.78. The number of hydrogen-bond donors (Lipinski definition) is 2. The Morgan fingerprint density at radius 2 is 2.05 bits per heavy atom. The van der Waals surface area contributed by atoms with Crippen molar-refractivity contribution < 1.29 is 14.3 Å². The van der Waals surface area contributed by atoms with Crippen LogP contribution < -0.4 is 15.4 Å². The van der Waals surface area contributed by atoms with E-state index < -0.39 is 0 Å². The summed E-state index contributed by atoms with van der Waals surface area (Å²) in [5, 5.41) is 5.11. The first kappa shape index (κ1) is 14.9. The lowest BCUT2D eigenvalue weighted by molar-refractivity contribution is -0.125. The molecular formula is C13H19N3O3. The Morgan fingerprint density at radius 1 is 1.32 bits per heavy atom. The van der Waals surface area contributed by atoms with Gasteiger partial charge in [0.1, 0.15) is 0 Å². The van der Waals surface area contributed by atoms with E-state index in [-0.39, 0.29) is 24.5 Å². The summed E-state index contributed by atoms with van der Waals surface area (Å²) < 4.78 is 5.41. The average Bonchev–Trinajstić information content (AvgIpc) is 2.35. The Hall–Kier alpha value is -2.11. The van der Waals surface area contributed by atoms with Gasteiger partial charge < -0.3 is 15.4 Å². The molecular weight excluding hydrogens is 246 g/mol. The molecule has 19 heavy (non-hydrogen) atoms. The van der Waals surface area contributed by atoms with Gasteiger partial charge in [-0.05, 0) is 19.4 Å². The van der Waals surface area contributed by atoms with Crippen LogP contribution in [0, 0.1) is 0 Å². The van der Waals surface area contributed by atoms with E-state index in [0.29, 0.717) is 12.4 Å². The molecule has 0 aliphatic carbocycles. The number of ether oxygens (including phenoxy) is 1. The highest BCUT2D eigenvalue weighted by molar-refractivity contribution is 5.83. The van der Waals surface area contributed by atoms with Gasteiger partial charge in [0.05, 0.1) is 12.6 Å². The number of hydrogen-bond acceptors (Lipinski definition) is 4. The molecule has 0 saturated carbocycles. The summed E-state index contributed by atoms with van der Waals surface area (Å²) in [6.45, 7) is 5.57. The molecule has 0 aliphatic heterocycles. The van der Waals surface area contributed by atoms with E-state index in [9.17, 15) is 9.59 Å². The van der Waals surface area contributed by atoms with Crippen molar-refractivity contribution >= 4 is 11.8 Å². The molecule has 2 amide bonds. The predicted octanol–water partition coefficient (Wildman–Crippen LogP) is 0.621. The van der Waals surface area contributed by atoms with Crippen molar-refractivity contribution in [2.45, 2.75) is 33.4 Å². The summed E-state index contributed by atoms with van der Waals surface area (Å²) in [4.78, 5) is 26.1. The molecule has 0 atom stereocenters. The van der Waals surface area contributed by atoms with Crippen LogP contribution in [0.25, 0.3) is 0 Å². The topological polar surface area (TPSA) is 80.3 Å². The number of nitrogens with one attached hydrogen (secondary N) is 2. The number of nitrogens with zero attached hydrogens (tertiary/aromatic N) is 1. The molecule has 0 aromatic carbocycles. The summed E-state index contributed by atoms with van der Waals surface area (Å²) in [6, 6.07) is 3.60. The Balaban J connectivity index is 2.37. The first-order chi connectivity index (χ1) is 8.97. The lowest BCUT2D eigenvalue weighted by Gasteiger charge is -2.09. The zero-order chi connectivity index (χ0) is 14.3. The van der Waals surface area contributed by atoms with Crippen molar-refractivity contribution in [3.8, 4) is 5.88 Å². The van der Waals surface area contributed by atoms with Gasteiger partial charge >= 0.3 is 0 Å². The molecule has 0 unspecified atom stereocenters. The highest BCUT2D eigenvalue weighted by Crippen LogP contribution is 2.09. The third-order valence-corrected chi connectivity index (χ3v) is 2.14. The maximum atomic E-state index is 11.4. The largest absolute Gasteiger partial charge is 0.475 e. The fraction of sp³-hybridized carbons (Fsp3) is 0.462. The summed E-state index contributed by atoms with van der Waals surface area (Å²) in [5.41, 5.74) is 0.868. The van der Waals surface area contributed by atoms with Crippen molar-refractivity contribution in [1.29, 1.82) is 0 Å². The van der Waals surface area contributed by atoms with Gasteiger partial charge in [0.2, 0.25) is 17.7 Å². The minimum atomic E-state index is -0.238. The molecule has 0 bridgehead atoms. The molecule has 0 aliphatic rings. The van der Waals surface area contributed by atoms with E-state index in [1.54, 1.807) is 12.3 Å². The lowest BCUT2D eigenvalue weighted by atomic mass is 10.3. The van der Waals surface area contributed by atoms with Crippen molar-refractivity contribution in [1.82, 2.24) is 15.6 Å². The van der Waals surface area contributed by atoms with Crippen LogP contribution in [0.5, 0.6) is 5.88 Å².